The predicted molar refractivity (Wildman–Crippen MR) is 64.4 cm³/mol. The minimum Gasteiger partial charge on any atom is -0.376 e. The molecule has 0 saturated carbocycles. The van der Waals surface area contributed by atoms with Crippen LogP contribution in [0, 0.1) is 0 Å². The average Bonchev–Trinajstić information content (AvgIpc) is 2.24. The number of rotatable bonds is 6. The first-order valence-corrected chi connectivity index (χ1v) is 7.72. The lowest BCUT2D eigenvalue weighted by molar-refractivity contribution is 0.0190. The first-order chi connectivity index (χ1) is 7.47. The van der Waals surface area contributed by atoms with E-state index >= 15 is 0 Å². The van der Waals surface area contributed by atoms with Crippen molar-refractivity contribution in [3.63, 3.8) is 0 Å². The fourth-order valence-corrected chi connectivity index (χ4v) is 2.25. The van der Waals surface area contributed by atoms with Crippen molar-refractivity contribution in [3.05, 3.63) is 0 Å². The molecule has 1 fully saturated rings. The summed E-state index contributed by atoms with van der Waals surface area (Å²) in [6.07, 6.45) is 2.50. The summed E-state index contributed by atoms with van der Waals surface area (Å²) in [7, 11) is -0.902. The Bertz CT molecular complexity index is 286. The average molecular weight is 250 g/mol. The van der Waals surface area contributed by atoms with E-state index in [9.17, 15) is 8.42 Å². The molecule has 0 aliphatic carbocycles. The Morgan fingerprint density at radius 3 is 2.75 bits per heavy atom. The molecule has 16 heavy (non-hydrogen) atoms. The van der Waals surface area contributed by atoms with Crippen LogP contribution in [-0.4, -0.2) is 71.3 Å². The van der Waals surface area contributed by atoms with Crippen molar-refractivity contribution in [2.45, 2.75) is 12.5 Å². The van der Waals surface area contributed by atoms with Crippen molar-refractivity contribution in [1.82, 2.24) is 10.2 Å². The molecule has 0 amide bonds. The zero-order valence-corrected chi connectivity index (χ0v) is 10.9. The third-order valence-corrected chi connectivity index (χ3v) is 3.61. The normalized spacial score (nSPS) is 22.6. The van der Waals surface area contributed by atoms with Gasteiger partial charge in [-0.1, -0.05) is 0 Å². The van der Waals surface area contributed by atoms with E-state index in [-0.39, 0.29) is 11.9 Å². The second-order valence-corrected chi connectivity index (χ2v) is 6.68. The van der Waals surface area contributed by atoms with Crippen LogP contribution in [0.2, 0.25) is 0 Å². The largest absolute Gasteiger partial charge is 0.376 e. The third kappa shape index (κ3) is 6.42. The van der Waals surface area contributed by atoms with E-state index in [2.05, 4.69) is 5.32 Å². The zero-order chi connectivity index (χ0) is 12.0. The van der Waals surface area contributed by atoms with E-state index in [1.165, 1.54) is 6.26 Å². The molecule has 1 unspecified atom stereocenters. The third-order valence-electron chi connectivity index (χ3n) is 2.68. The number of hydrogen-bond donors (Lipinski definition) is 1. The Kier molecular flexibility index (Phi) is 5.68. The Labute approximate surface area is 98.1 Å². The Morgan fingerprint density at radius 1 is 1.44 bits per heavy atom. The van der Waals surface area contributed by atoms with Crippen molar-refractivity contribution in [2.24, 2.45) is 0 Å². The van der Waals surface area contributed by atoms with Gasteiger partial charge in [0.15, 0.2) is 0 Å². The molecule has 1 N–H and O–H groups in total. The highest BCUT2D eigenvalue weighted by molar-refractivity contribution is 7.90. The summed E-state index contributed by atoms with van der Waals surface area (Å²) < 4.78 is 27.5. The highest BCUT2D eigenvalue weighted by atomic mass is 32.2. The Hall–Kier alpha value is -0.170. The highest BCUT2D eigenvalue weighted by Crippen LogP contribution is 2.02. The van der Waals surface area contributed by atoms with Crippen LogP contribution >= 0.6 is 0 Å². The van der Waals surface area contributed by atoms with Gasteiger partial charge in [-0.05, 0) is 13.5 Å². The van der Waals surface area contributed by atoms with E-state index in [1.54, 1.807) is 0 Å². The van der Waals surface area contributed by atoms with E-state index in [1.807, 2.05) is 11.9 Å². The van der Waals surface area contributed by atoms with Crippen LogP contribution in [0.1, 0.15) is 6.42 Å². The first kappa shape index (κ1) is 13.9. The Morgan fingerprint density at radius 2 is 2.19 bits per heavy atom. The van der Waals surface area contributed by atoms with Crippen molar-refractivity contribution in [3.8, 4) is 0 Å². The van der Waals surface area contributed by atoms with Crippen molar-refractivity contribution in [1.29, 1.82) is 0 Å². The van der Waals surface area contributed by atoms with Crippen LogP contribution in [0.15, 0.2) is 0 Å². The molecular formula is C10H22N2O3S. The zero-order valence-electron chi connectivity index (χ0n) is 10.1. The predicted octanol–water partition coefficient (Wildman–Crippen LogP) is -0.659. The number of morpholine rings is 1. The van der Waals surface area contributed by atoms with E-state index < -0.39 is 9.84 Å². The topological polar surface area (TPSA) is 58.6 Å². The SMILES string of the molecule is CN(CCC1CNCCO1)CCS(C)(=O)=O. The van der Waals surface area contributed by atoms with Gasteiger partial charge < -0.3 is 15.0 Å². The molecule has 1 aliphatic rings. The summed E-state index contributed by atoms with van der Waals surface area (Å²) in [5.74, 6) is 0.229. The summed E-state index contributed by atoms with van der Waals surface area (Å²) in [5.41, 5.74) is 0. The van der Waals surface area contributed by atoms with Crippen molar-refractivity contribution in [2.75, 3.05) is 51.8 Å². The van der Waals surface area contributed by atoms with Crippen molar-refractivity contribution < 1.29 is 13.2 Å². The fourth-order valence-electron chi connectivity index (χ4n) is 1.60. The summed E-state index contributed by atoms with van der Waals surface area (Å²) in [4.78, 5) is 2.04. The molecule has 0 radical (unpaired) electrons. The van der Waals surface area contributed by atoms with Gasteiger partial charge in [0.05, 0.1) is 18.5 Å². The van der Waals surface area contributed by atoms with Gasteiger partial charge in [0, 0.05) is 32.4 Å². The van der Waals surface area contributed by atoms with Gasteiger partial charge in [-0.25, -0.2) is 8.42 Å². The van der Waals surface area contributed by atoms with Gasteiger partial charge in [0.25, 0.3) is 0 Å². The highest BCUT2D eigenvalue weighted by Gasteiger charge is 2.14. The number of hydrogen-bond acceptors (Lipinski definition) is 5. The summed E-state index contributed by atoms with van der Waals surface area (Å²) in [6, 6.07) is 0. The van der Waals surface area contributed by atoms with Crippen LogP contribution in [-0.2, 0) is 14.6 Å². The van der Waals surface area contributed by atoms with Crippen LogP contribution < -0.4 is 5.32 Å². The molecule has 0 aromatic heterocycles. The molecule has 96 valence electrons. The molecular weight excluding hydrogens is 228 g/mol. The molecule has 1 heterocycles. The maximum atomic E-state index is 11.0. The molecule has 0 spiro atoms. The maximum Gasteiger partial charge on any atom is 0.148 e. The standard InChI is InChI=1S/C10H22N2O3S/c1-12(6-8-16(2,13)14)5-3-10-9-11-4-7-15-10/h10-11H,3-9H2,1-2H3. The maximum absolute atomic E-state index is 11.0. The summed E-state index contributed by atoms with van der Waals surface area (Å²) in [5, 5.41) is 3.28. The fraction of sp³-hybridized carbons (Fsp3) is 1.00. The van der Waals surface area contributed by atoms with Crippen LogP contribution in [0.5, 0.6) is 0 Å². The summed E-state index contributed by atoms with van der Waals surface area (Å²) in [6.45, 7) is 4.08. The van der Waals surface area contributed by atoms with Crippen LogP contribution in [0.4, 0.5) is 0 Å². The van der Waals surface area contributed by atoms with E-state index in [4.69, 9.17) is 4.74 Å². The monoisotopic (exact) mass is 250 g/mol. The minimum atomic E-state index is -2.85. The van der Waals surface area contributed by atoms with Gasteiger partial charge in [-0.15, -0.1) is 0 Å². The van der Waals surface area contributed by atoms with E-state index in [0.717, 1.165) is 32.7 Å². The number of ether oxygens (including phenoxy) is 1. The minimum absolute atomic E-state index is 0.229. The molecule has 1 saturated heterocycles. The second-order valence-electron chi connectivity index (χ2n) is 4.42. The summed E-state index contributed by atoms with van der Waals surface area (Å²) >= 11 is 0. The van der Waals surface area contributed by atoms with E-state index in [0.29, 0.717) is 6.54 Å². The second kappa shape index (κ2) is 6.54. The lowest BCUT2D eigenvalue weighted by atomic mass is 10.2. The molecule has 1 atom stereocenters. The number of sulfone groups is 1. The van der Waals surface area contributed by atoms with Gasteiger partial charge in [-0.3, -0.25) is 0 Å². The molecule has 5 nitrogen and oxygen atoms in total. The molecule has 0 bridgehead atoms. The molecule has 6 heteroatoms. The molecule has 0 aromatic rings. The lowest BCUT2D eigenvalue weighted by Crippen LogP contribution is -2.40. The van der Waals surface area contributed by atoms with Crippen LogP contribution in [0.3, 0.4) is 0 Å². The smallest absolute Gasteiger partial charge is 0.148 e. The van der Waals surface area contributed by atoms with Gasteiger partial charge in [-0.2, -0.15) is 0 Å². The van der Waals surface area contributed by atoms with Crippen molar-refractivity contribution >= 4 is 9.84 Å². The number of nitrogens with one attached hydrogen (secondary N) is 1. The quantitative estimate of drug-likeness (QED) is 0.678. The van der Waals surface area contributed by atoms with Crippen LogP contribution in [0.25, 0.3) is 0 Å². The first-order valence-electron chi connectivity index (χ1n) is 5.66. The molecule has 1 rings (SSSR count). The number of nitrogens with zero attached hydrogens (tertiary/aromatic N) is 1. The van der Waals surface area contributed by atoms with Gasteiger partial charge >= 0.3 is 0 Å². The van der Waals surface area contributed by atoms with Gasteiger partial charge in [0.2, 0.25) is 0 Å². The lowest BCUT2D eigenvalue weighted by Gasteiger charge is -2.25. The Balaban J connectivity index is 2.11. The molecule has 0 aromatic carbocycles. The van der Waals surface area contributed by atoms with Gasteiger partial charge in [0.1, 0.15) is 9.84 Å². The molecule has 1 aliphatic heterocycles.